The van der Waals surface area contributed by atoms with Gasteiger partial charge in [0.05, 0.1) is 10.5 Å². The number of fused-ring (bicyclic) bond motifs is 1. The fourth-order valence-corrected chi connectivity index (χ4v) is 1.40. The van der Waals surface area contributed by atoms with Crippen molar-refractivity contribution in [2.45, 2.75) is 0 Å². The van der Waals surface area contributed by atoms with Gasteiger partial charge in [0.2, 0.25) is 0 Å². The third-order valence-electron chi connectivity index (χ3n) is 1.82. The third kappa shape index (κ3) is 1.48. The molecule has 0 atom stereocenters. The van der Waals surface area contributed by atoms with E-state index < -0.39 is 0 Å². The highest BCUT2D eigenvalue weighted by Crippen LogP contribution is 2.26. The molecule has 0 spiro atoms. The lowest BCUT2D eigenvalue weighted by Crippen LogP contribution is -1.78. The number of halogens is 1. The first-order valence-corrected chi connectivity index (χ1v) is 4.28. The molecule has 0 aliphatic carbocycles. The lowest BCUT2D eigenvalue weighted by atomic mass is 10.2. The number of aromatic nitrogens is 1. The SMILES string of the molecule is [N-]=[N+]=Nc1cccc2ncc(Cl)cc12. The number of azide groups is 1. The maximum absolute atomic E-state index is 8.35. The summed E-state index contributed by atoms with van der Waals surface area (Å²) in [6.45, 7) is 0. The zero-order valence-corrected chi connectivity index (χ0v) is 7.81. The first kappa shape index (κ1) is 8.81. The smallest absolute Gasteiger partial charge is 0.0707 e. The second-order valence-corrected chi connectivity index (χ2v) is 3.12. The minimum Gasteiger partial charge on any atom is -0.255 e. The Morgan fingerprint density at radius 1 is 1.43 bits per heavy atom. The van der Waals surface area contributed by atoms with Crippen LogP contribution in [-0.4, -0.2) is 4.98 Å². The third-order valence-corrected chi connectivity index (χ3v) is 2.03. The van der Waals surface area contributed by atoms with Gasteiger partial charge >= 0.3 is 0 Å². The Morgan fingerprint density at radius 2 is 2.29 bits per heavy atom. The van der Waals surface area contributed by atoms with Gasteiger partial charge in [-0.3, -0.25) is 4.98 Å². The van der Waals surface area contributed by atoms with Crippen molar-refractivity contribution >= 4 is 28.2 Å². The molecule has 0 bridgehead atoms. The van der Waals surface area contributed by atoms with Gasteiger partial charge in [0.15, 0.2) is 0 Å². The number of rotatable bonds is 1. The van der Waals surface area contributed by atoms with E-state index in [-0.39, 0.29) is 0 Å². The second kappa shape index (κ2) is 3.54. The van der Waals surface area contributed by atoms with E-state index in [1.807, 2.05) is 6.07 Å². The van der Waals surface area contributed by atoms with Crippen molar-refractivity contribution in [3.63, 3.8) is 0 Å². The first-order chi connectivity index (χ1) is 6.81. The number of nitrogens with zero attached hydrogens (tertiary/aromatic N) is 4. The van der Waals surface area contributed by atoms with Crippen LogP contribution in [-0.2, 0) is 0 Å². The minimum atomic E-state index is 0.526. The highest BCUT2D eigenvalue weighted by Gasteiger charge is 2.00. The predicted molar refractivity (Wildman–Crippen MR) is 55.6 cm³/mol. The van der Waals surface area contributed by atoms with Crippen LogP contribution >= 0.6 is 11.6 Å². The van der Waals surface area contributed by atoms with Crippen molar-refractivity contribution in [2.24, 2.45) is 5.11 Å². The van der Waals surface area contributed by atoms with Crippen molar-refractivity contribution < 1.29 is 0 Å². The summed E-state index contributed by atoms with van der Waals surface area (Å²) in [5.41, 5.74) is 9.66. The van der Waals surface area contributed by atoms with Crippen molar-refractivity contribution in [1.29, 1.82) is 0 Å². The van der Waals surface area contributed by atoms with Crippen LogP contribution < -0.4 is 0 Å². The Hall–Kier alpha value is -1.77. The molecule has 0 fully saturated rings. The molecule has 4 nitrogen and oxygen atoms in total. The Labute approximate surface area is 84.8 Å². The average molecular weight is 205 g/mol. The maximum Gasteiger partial charge on any atom is 0.0707 e. The van der Waals surface area contributed by atoms with E-state index in [1.165, 1.54) is 0 Å². The van der Waals surface area contributed by atoms with E-state index in [0.29, 0.717) is 10.7 Å². The molecule has 0 saturated carbocycles. The predicted octanol–water partition coefficient (Wildman–Crippen LogP) is 3.83. The molecular formula is C9H5ClN4. The number of hydrogen-bond acceptors (Lipinski definition) is 2. The molecular weight excluding hydrogens is 200 g/mol. The van der Waals surface area contributed by atoms with Crippen LogP contribution in [0.1, 0.15) is 0 Å². The van der Waals surface area contributed by atoms with E-state index in [2.05, 4.69) is 15.0 Å². The number of hydrogen-bond donors (Lipinski definition) is 0. The summed E-state index contributed by atoms with van der Waals surface area (Å²) < 4.78 is 0. The molecule has 0 radical (unpaired) electrons. The molecule has 0 unspecified atom stereocenters. The van der Waals surface area contributed by atoms with Gasteiger partial charge in [0.1, 0.15) is 0 Å². The van der Waals surface area contributed by atoms with Gasteiger partial charge in [-0.25, -0.2) is 0 Å². The van der Waals surface area contributed by atoms with Crippen molar-refractivity contribution in [3.05, 3.63) is 45.9 Å². The Balaban J connectivity index is 2.83. The molecule has 0 N–H and O–H groups in total. The Bertz CT molecular complexity index is 531. The Kier molecular flexibility index (Phi) is 2.23. The summed E-state index contributed by atoms with van der Waals surface area (Å²) in [6, 6.07) is 7.07. The molecule has 68 valence electrons. The molecule has 2 aromatic rings. The van der Waals surface area contributed by atoms with Crippen LogP contribution in [0.25, 0.3) is 21.3 Å². The van der Waals surface area contributed by atoms with Crippen LogP contribution in [0.4, 0.5) is 5.69 Å². The molecule has 0 amide bonds. The fraction of sp³-hybridized carbons (Fsp3) is 0. The molecule has 14 heavy (non-hydrogen) atoms. The van der Waals surface area contributed by atoms with E-state index >= 15 is 0 Å². The summed E-state index contributed by atoms with van der Waals surface area (Å²) in [5, 5.41) is 4.85. The van der Waals surface area contributed by atoms with Crippen molar-refractivity contribution in [1.82, 2.24) is 4.98 Å². The van der Waals surface area contributed by atoms with Gasteiger partial charge in [-0.2, -0.15) is 0 Å². The molecule has 5 heteroatoms. The topological polar surface area (TPSA) is 61.7 Å². The van der Waals surface area contributed by atoms with Gasteiger partial charge in [-0.15, -0.1) is 0 Å². The van der Waals surface area contributed by atoms with Crippen LogP contribution in [0.5, 0.6) is 0 Å². The summed E-state index contributed by atoms with van der Waals surface area (Å²) in [5.74, 6) is 0. The molecule has 0 aliphatic rings. The highest BCUT2D eigenvalue weighted by atomic mass is 35.5. The highest BCUT2D eigenvalue weighted by molar-refractivity contribution is 6.31. The molecule has 1 aromatic heterocycles. The quantitative estimate of drug-likeness (QED) is 0.396. The van der Waals surface area contributed by atoms with Crippen molar-refractivity contribution in [3.8, 4) is 0 Å². The fourth-order valence-electron chi connectivity index (χ4n) is 1.24. The minimum absolute atomic E-state index is 0.526. The number of pyridine rings is 1. The summed E-state index contributed by atoms with van der Waals surface area (Å²) >= 11 is 5.79. The number of benzene rings is 1. The van der Waals surface area contributed by atoms with Gasteiger partial charge in [0, 0.05) is 22.2 Å². The van der Waals surface area contributed by atoms with Gasteiger partial charge in [-0.05, 0) is 17.7 Å². The Morgan fingerprint density at radius 3 is 3.07 bits per heavy atom. The molecule has 0 aliphatic heterocycles. The van der Waals surface area contributed by atoms with Crippen LogP contribution in [0.3, 0.4) is 0 Å². The second-order valence-electron chi connectivity index (χ2n) is 2.69. The average Bonchev–Trinajstić information content (AvgIpc) is 2.19. The molecule has 0 saturated heterocycles. The summed E-state index contributed by atoms with van der Waals surface area (Å²) in [7, 11) is 0. The zero-order chi connectivity index (χ0) is 9.97. The lowest BCUT2D eigenvalue weighted by Gasteiger charge is -1.99. The van der Waals surface area contributed by atoms with Gasteiger partial charge in [-0.1, -0.05) is 28.8 Å². The van der Waals surface area contributed by atoms with E-state index in [9.17, 15) is 0 Å². The maximum atomic E-state index is 8.35. The summed E-state index contributed by atoms with van der Waals surface area (Å²) in [6.07, 6.45) is 1.56. The molecule has 1 heterocycles. The largest absolute Gasteiger partial charge is 0.255 e. The van der Waals surface area contributed by atoms with E-state index in [1.54, 1.807) is 24.4 Å². The monoisotopic (exact) mass is 204 g/mol. The lowest BCUT2D eigenvalue weighted by molar-refractivity contribution is 1.40. The van der Waals surface area contributed by atoms with E-state index in [4.69, 9.17) is 17.1 Å². The molecule has 1 aromatic carbocycles. The van der Waals surface area contributed by atoms with Crippen LogP contribution in [0.2, 0.25) is 5.02 Å². The van der Waals surface area contributed by atoms with Crippen LogP contribution in [0.15, 0.2) is 35.6 Å². The normalized spacial score (nSPS) is 9.79. The zero-order valence-electron chi connectivity index (χ0n) is 7.05. The summed E-state index contributed by atoms with van der Waals surface area (Å²) in [4.78, 5) is 6.85. The first-order valence-electron chi connectivity index (χ1n) is 3.90. The van der Waals surface area contributed by atoms with Crippen molar-refractivity contribution in [2.75, 3.05) is 0 Å². The molecule has 2 rings (SSSR count). The standard InChI is InChI=1S/C9H5ClN4/c10-6-4-7-8(12-5-6)2-1-3-9(7)13-14-11/h1-5H. The van der Waals surface area contributed by atoms with Gasteiger partial charge < -0.3 is 0 Å². The van der Waals surface area contributed by atoms with Crippen LogP contribution in [0, 0.1) is 0 Å². The van der Waals surface area contributed by atoms with Gasteiger partial charge in [0.25, 0.3) is 0 Å². The van der Waals surface area contributed by atoms with E-state index in [0.717, 1.165) is 10.9 Å².